The van der Waals surface area contributed by atoms with E-state index in [0.717, 1.165) is 6.42 Å². The van der Waals surface area contributed by atoms with Crippen LogP contribution in [-0.2, 0) is 4.79 Å². The number of rotatable bonds is 5. The maximum absolute atomic E-state index is 12.5. The number of carbonyl (C=O) groups excluding carboxylic acids is 2. The number of anilines is 1. The molecule has 1 aliphatic heterocycles. The fourth-order valence-electron chi connectivity index (χ4n) is 2.88. The van der Waals surface area contributed by atoms with Gasteiger partial charge in [-0.2, -0.15) is 0 Å². The zero-order chi connectivity index (χ0) is 19.2. The molecule has 0 unspecified atom stereocenters. The van der Waals surface area contributed by atoms with Crippen molar-refractivity contribution in [2.24, 2.45) is 0 Å². The highest BCUT2D eigenvalue weighted by molar-refractivity contribution is 6.33. The molecule has 0 saturated carbocycles. The first-order valence-electron chi connectivity index (χ1n) is 8.45. The number of likely N-dealkylation sites (tertiary alicyclic amines) is 1. The van der Waals surface area contributed by atoms with E-state index in [1.54, 1.807) is 12.3 Å². The second kappa shape index (κ2) is 10.1. The molecule has 2 aromatic rings. The quantitative estimate of drug-likeness (QED) is 0.391. The molecule has 1 aromatic carbocycles. The number of amides is 2. The lowest BCUT2D eigenvalue weighted by atomic mass is 10.2. The van der Waals surface area contributed by atoms with Gasteiger partial charge >= 0.3 is 0 Å². The number of carbonyl (C=O) groups is 2. The predicted octanol–water partition coefficient (Wildman–Crippen LogP) is 3.00. The topological polar surface area (TPSA) is 94.6 Å². The van der Waals surface area contributed by atoms with Gasteiger partial charge in [0, 0.05) is 37.0 Å². The Morgan fingerprint density at radius 3 is 2.71 bits per heavy atom. The Labute approximate surface area is 173 Å². The number of benzene rings is 1. The summed E-state index contributed by atoms with van der Waals surface area (Å²) in [6, 6.07) is 10.9. The van der Waals surface area contributed by atoms with Gasteiger partial charge in [-0.1, -0.05) is 29.8 Å². The van der Waals surface area contributed by atoms with Gasteiger partial charge in [0.15, 0.2) is 0 Å². The molecule has 0 spiro atoms. The second-order valence-electron chi connectivity index (χ2n) is 6.16. The van der Waals surface area contributed by atoms with Crippen molar-refractivity contribution in [1.29, 1.82) is 0 Å². The molecule has 1 saturated heterocycles. The van der Waals surface area contributed by atoms with E-state index in [2.05, 4.69) is 10.3 Å². The fraction of sp³-hybridized carbons (Fsp3) is 0.211. The van der Waals surface area contributed by atoms with E-state index in [9.17, 15) is 9.59 Å². The monoisotopic (exact) mass is 422 g/mol. The van der Waals surface area contributed by atoms with Crippen molar-refractivity contribution in [1.82, 2.24) is 15.4 Å². The van der Waals surface area contributed by atoms with Crippen LogP contribution in [-0.4, -0.2) is 46.0 Å². The Hall–Kier alpha value is -2.61. The van der Waals surface area contributed by atoms with E-state index in [-0.39, 0.29) is 24.4 Å². The minimum atomic E-state index is -0.637. The highest BCUT2D eigenvalue weighted by Crippen LogP contribution is 2.24. The van der Waals surface area contributed by atoms with Crippen molar-refractivity contribution in [2.45, 2.75) is 12.5 Å². The first-order valence-corrected chi connectivity index (χ1v) is 8.83. The van der Waals surface area contributed by atoms with Crippen molar-refractivity contribution in [3.05, 3.63) is 64.8 Å². The third-order valence-corrected chi connectivity index (χ3v) is 4.52. The summed E-state index contributed by atoms with van der Waals surface area (Å²) in [5.41, 5.74) is 2.82. The van der Waals surface area contributed by atoms with E-state index in [1.165, 1.54) is 17.6 Å². The molecule has 1 atom stereocenters. The minimum absolute atomic E-state index is 0. The number of hydrogen-bond acceptors (Lipinski definition) is 5. The molecular weight excluding hydrogens is 403 g/mol. The highest BCUT2D eigenvalue weighted by atomic mass is 35.5. The van der Waals surface area contributed by atoms with E-state index < -0.39 is 5.91 Å². The van der Waals surface area contributed by atoms with Gasteiger partial charge in [-0.25, -0.2) is 10.5 Å². The lowest BCUT2D eigenvalue weighted by molar-refractivity contribution is -0.124. The maximum atomic E-state index is 12.5. The van der Waals surface area contributed by atoms with E-state index >= 15 is 0 Å². The van der Waals surface area contributed by atoms with Crippen LogP contribution in [0.15, 0.2) is 48.7 Å². The van der Waals surface area contributed by atoms with Crippen LogP contribution in [0.2, 0.25) is 5.02 Å². The Kier molecular flexibility index (Phi) is 7.80. The lowest BCUT2D eigenvalue weighted by Gasteiger charge is -2.18. The van der Waals surface area contributed by atoms with Crippen molar-refractivity contribution in [3.8, 4) is 0 Å². The standard InChI is InChI=1S/C19H19ClN4O3.ClH/c20-16-10-13(6-7-17(25)23-27)11-21-18(16)22-15-8-9-24(12-15)19(26)14-4-2-1-3-5-14;/h1-7,10-11,15,27H,8-9,12H2,(H,21,22)(H,23,25);1H/b7-6+;/t15-;/m1./s1. The molecule has 3 rings (SSSR count). The number of pyridine rings is 1. The molecule has 1 aliphatic rings. The van der Waals surface area contributed by atoms with Crippen LogP contribution in [0.25, 0.3) is 6.08 Å². The van der Waals surface area contributed by atoms with Crippen LogP contribution in [0.3, 0.4) is 0 Å². The first kappa shape index (κ1) is 21.7. The number of hydroxylamine groups is 1. The number of nitrogens with one attached hydrogen (secondary N) is 2. The Balaban J connectivity index is 0.00000280. The molecular formula is C19H20Cl2N4O3. The lowest BCUT2D eigenvalue weighted by Crippen LogP contribution is -2.31. The van der Waals surface area contributed by atoms with Crippen LogP contribution in [0.4, 0.5) is 5.82 Å². The van der Waals surface area contributed by atoms with Gasteiger partial charge in [0.25, 0.3) is 11.8 Å². The van der Waals surface area contributed by atoms with Crippen molar-refractivity contribution < 1.29 is 14.8 Å². The summed E-state index contributed by atoms with van der Waals surface area (Å²) in [5, 5.41) is 12.2. The third-order valence-electron chi connectivity index (χ3n) is 4.24. The molecule has 0 radical (unpaired) electrons. The van der Waals surface area contributed by atoms with Crippen LogP contribution in [0.5, 0.6) is 0 Å². The first-order chi connectivity index (χ1) is 13.1. The van der Waals surface area contributed by atoms with Crippen LogP contribution in [0.1, 0.15) is 22.3 Å². The van der Waals surface area contributed by atoms with Crippen LogP contribution >= 0.6 is 24.0 Å². The maximum Gasteiger partial charge on any atom is 0.267 e. The Morgan fingerprint density at radius 2 is 2.04 bits per heavy atom. The fourth-order valence-corrected chi connectivity index (χ4v) is 3.11. The molecule has 2 amide bonds. The molecule has 7 nitrogen and oxygen atoms in total. The predicted molar refractivity (Wildman–Crippen MR) is 110 cm³/mol. The summed E-state index contributed by atoms with van der Waals surface area (Å²) in [5.74, 6) is -0.0940. The third kappa shape index (κ3) is 5.45. The average molecular weight is 423 g/mol. The average Bonchev–Trinajstić information content (AvgIpc) is 3.16. The van der Waals surface area contributed by atoms with Crippen molar-refractivity contribution in [3.63, 3.8) is 0 Å². The van der Waals surface area contributed by atoms with Gasteiger partial charge < -0.3 is 10.2 Å². The molecule has 28 heavy (non-hydrogen) atoms. The normalized spacial score (nSPS) is 15.9. The summed E-state index contributed by atoms with van der Waals surface area (Å²) >= 11 is 6.26. The van der Waals surface area contributed by atoms with Crippen LogP contribution < -0.4 is 10.8 Å². The number of hydrogen-bond donors (Lipinski definition) is 3. The molecule has 2 heterocycles. The van der Waals surface area contributed by atoms with Gasteiger partial charge in [-0.15, -0.1) is 12.4 Å². The van der Waals surface area contributed by atoms with Gasteiger partial charge in [0.05, 0.1) is 5.02 Å². The molecule has 3 N–H and O–H groups in total. The molecule has 1 aromatic heterocycles. The van der Waals surface area contributed by atoms with E-state index in [4.69, 9.17) is 16.8 Å². The zero-order valence-corrected chi connectivity index (χ0v) is 16.4. The zero-order valence-electron chi connectivity index (χ0n) is 14.8. The van der Waals surface area contributed by atoms with Gasteiger partial charge in [-0.05, 0) is 36.3 Å². The molecule has 9 heteroatoms. The Bertz CT molecular complexity index is 862. The van der Waals surface area contributed by atoms with E-state index in [0.29, 0.717) is 35.1 Å². The van der Waals surface area contributed by atoms with E-state index in [1.807, 2.05) is 35.2 Å². The van der Waals surface area contributed by atoms with Gasteiger partial charge in [0.2, 0.25) is 0 Å². The highest BCUT2D eigenvalue weighted by Gasteiger charge is 2.27. The van der Waals surface area contributed by atoms with Crippen LogP contribution in [0, 0.1) is 0 Å². The second-order valence-corrected chi connectivity index (χ2v) is 6.56. The Morgan fingerprint density at radius 1 is 1.29 bits per heavy atom. The summed E-state index contributed by atoms with van der Waals surface area (Å²) in [6.45, 7) is 1.24. The summed E-state index contributed by atoms with van der Waals surface area (Å²) in [4.78, 5) is 29.6. The van der Waals surface area contributed by atoms with Crippen molar-refractivity contribution in [2.75, 3.05) is 18.4 Å². The molecule has 0 aliphatic carbocycles. The molecule has 0 bridgehead atoms. The van der Waals surface area contributed by atoms with Crippen molar-refractivity contribution >= 4 is 47.7 Å². The van der Waals surface area contributed by atoms with Gasteiger partial charge in [-0.3, -0.25) is 14.8 Å². The molecule has 1 fully saturated rings. The largest absolute Gasteiger partial charge is 0.364 e. The van der Waals surface area contributed by atoms with Gasteiger partial charge in [0.1, 0.15) is 5.82 Å². The summed E-state index contributed by atoms with van der Waals surface area (Å²) < 4.78 is 0. The minimum Gasteiger partial charge on any atom is -0.364 e. The number of nitrogens with zero attached hydrogens (tertiary/aromatic N) is 2. The summed E-state index contributed by atoms with van der Waals surface area (Å²) in [7, 11) is 0. The number of aromatic nitrogens is 1. The smallest absolute Gasteiger partial charge is 0.267 e. The molecule has 148 valence electrons. The number of halogens is 2. The SMILES string of the molecule is Cl.O=C(/C=C/c1cnc(N[C@@H]2CCN(C(=O)c3ccccc3)C2)c(Cl)c1)NO. The summed E-state index contributed by atoms with van der Waals surface area (Å²) in [6.07, 6.45) is 5.03.